The van der Waals surface area contributed by atoms with Crippen molar-refractivity contribution >= 4 is 11.6 Å². The molecule has 2 aromatic heterocycles. The molecule has 2 atom stereocenters. The standard InChI is InChI=1S/C18H15FN4O/c19-13-3-1-12(2-4-13)15-9-16(15)18(24)22-14-5-6-17(21-10-14)23-8-7-20-11-23/h1-8,10-11,15-16H,9H2,(H,22,24)/t15-,16-/m1/s1. The first-order valence-corrected chi connectivity index (χ1v) is 7.71. The summed E-state index contributed by atoms with van der Waals surface area (Å²) in [7, 11) is 0. The third kappa shape index (κ3) is 2.90. The zero-order valence-corrected chi connectivity index (χ0v) is 12.8. The zero-order valence-electron chi connectivity index (χ0n) is 12.8. The number of benzene rings is 1. The first-order valence-electron chi connectivity index (χ1n) is 7.71. The van der Waals surface area contributed by atoms with Crippen molar-refractivity contribution < 1.29 is 9.18 Å². The molecule has 24 heavy (non-hydrogen) atoms. The average Bonchev–Trinajstić information content (AvgIpc) is 3.21. The Morgan fingerprint density at radius 3 is 2.71 bits per heavy atom. The van der Waals surface area contributed by atoms with Gasteiger partial charge in [-0.05, 0) is 42.2 Å². The van der Waals surface area contributed by atoms with E-state index in [1.54, 1.807) is 41.6 Å². The summed E-state index contributed by atoms with van der Waals surface area (Å²) in [6.45, 7) is 0. The van der Waals surface area contributed by atoms with Gasteiger partial charge in [-0.15, -0.1) is 0 Å². The molecule has 0 spiro atoms. The van der Waals surface area contributed by atoms with Crippen molar-refractivity contribution in [3.05, 3.63) is 72.7 Å². The highest BCUT2D eigenvalue weighted by molar-refractivity contribution is 5.95. The molecule has 1 fully saturated rings. The first-order chi connectivity index (χ1) is 11.7. The Labute approximate surface area is 138 Å². The van der Waals surface area contributed by atoms with E-state index in [2.05, 4.69) is 15.3 Å². The molecule has 0 aliphatic heterocycles. The Morgan fingerprint density at radius 1 is 1.21 bits per heavy atom. The zero-order chi connectivity index (χ0) is 16.5. The molecule has 1 aromatic carbocycles. The Kier molecular flexibility index (Phi) is 3.57. The quantitative estimate of drug-likeness (QED) is 0.803. The third-order valence-electron chi connectivity index (χ3n) is 4.21. The van der Waals surface area contributed by atoms with E-state index >= 15 is 0 Å². The van der Waals surface area contributed by atoms with Crippen molar-refractivity contribution in [2.45, 2.75) is 12.3 Å². The smallest absolute Gasteiger partial charge is 0.228 e. The van der Waals surface area contributed by atoms with E-state index in [1.807, 2.05) is 12.1 Å². The minimum atomic E-state index is -0.260. The van der Waals surface area contributed by atoms with Crippen LogP contribution in [-0.4, -0.2) is 20.4 Å². The largest absolute Gasteiger partial charge is 0.324 e. The monoisotopic (exact) mass is 322 g/mol. The van der Waals surface area contributed by atoms with Crippen LogP contribution in [0.1, 0.15) is 17.9 Å². The van der Waals surface area contributed by atoms with E-state index in [0.29, 0.717) is 5.69 Å². The van der Waals surface area contributed by atoms with Crippen LogP contribution in [0.3, 0.4) is 0 Å². The summed E-state index contributed by atoms with van der Waals surface area (Å²) in [5.41, 5.74) is 1.67. The summed E-state index contributed by atoms with van der Waals surface area (Å²) < 4.78 is 14.7. The maximum Gasteiger partial charge on any atom is 0.228 e. The lowest BCUT2D eigenvalue weighted by atomic mass is 10.1. The molecule has 4 rings (SSSR count). The summed E-state index contributed by atoms with van der Waals surface area (Å²) in [4.78, 5) is 20.6. The number of carbonyl (C=O) groups is 1. The van der Waals surface area contributed by atoms with Gasteiger partial charge in [0.05, 0.1) is 11.9 Å². The molecule has 0 bridgehead atoms. The molecule has 1 saturated carbocycles. The van der Waals surface area contributed by atoms with Gasteiger partial charge in [0.15, 0.2) is 0 Å². The molecule has 0 saturated heterocycles. The lowest BCUT2D eigenvalue weighted by Crippen LogP contribution is -2.14. The molecular formula is C18H15FN4O. The molecule has 5 nitrogen and oxygen atoms in total. The molecular weight excluding hydrogens is 307 g/mol. The van der Waals surface area contributed by atoms with E-state index in [1.165, 1.54) is 12.1 Å². The van der Waals surface area contributed by atoms with Crippen LogP contribution in [0, 0.1) is 11.7 Å². The molecule has 120 valence electrons. The number of pyridine rings is 1. The molecule has 3 aromatic rings. The Balaban J connectivity index is 1.39. The minimum Gasteiger partial charge on any atom is -0.324 e. The van der Waals surface area contributed by atoms with E-state index in [4.69, 9.17) is 0 Å². The Hall–Kier alpha value is -3.02. The van der Waals surface area contributed by atoms with Crippen molar-refractivity contribution in [3.8, 4) is 5.82 Å². The van der Waals surface area contributed by atoms with Gasteiger partial charge in [-0.3, -0.25) is 9.36 Å². The number of aromatic nitrogens is 3. The van der Waals surface area contributed by atoms with Crippen LogP contribution in [-0.2, 0) is 4.79 Å². The van der Waals surface area contributed by atoms with Gasteiger partial charge < -0.3 is 5.32 Å². The number of hydrogen-bond donors (Lipinski definition) is 1. The van der Waals surface area contributed by atoms with Crippen molar-refractivity contribution in [1.82, 2.24) is 14.5 Å². The van der Waals surface area contributed by atoms with E-state index in [9.17, 15) is 9.18 Å². The molecule has 6 heteroatoms. The summed E-state index contributed by atoms with van der Waals surface area (Å²) in [6.07, 6.45) is 7.57. The van der Waals surface area contributed by atoms with Crippen molar-refractivity contribution in [1.29, 1.82) is 0 Å². The second kappa shape index (κ2) is 5.88. The number of imidazole rings is 1. The Bertz CT molecular complexity index is 844. The fourth-order valence-corrected chi connectivity index (χ4v) is 2.81. The number of amides is 1. The third-order valence-corrected chi connectivity index (χ3v) is 4.21. The number of carbonyl (C=O) groups excluding carboxylic acids is 1. The molecule has 0 unspecified atom stereocenters. The van der Waals surface area contributed by atoms with Gasteiger partial charge in [-0.1, -0.05) is 12.1 Å². The average molecular weight is 322 g/mol. The van der Waals surface area contributed by atoms with Gasteiger partial charge in [0.2, 0.25) is 5.91 Å². The van der Waals surface area contributed by atoms with Gasteiger partial charge in [0.1, 0.15) is 18.0 Å². The van der Waals surface area contributed by atoms with Crippen LogP contribution < -0.4 is 5.32 Å². The lowest BCUT2D eigenvalue weighted by Gasteiger charge is -2.06. The highest BCUT2D eigenvalue weighted by atomic mass is 19.1. The van der Waals surface area contributed by atoms with Crippen LogP contribution in [0.5, 0.6) is 0 Å². The van der Waals surface area contributed by atoms with Crippen LogP contribution in [0.15, 0.2) is 61.3 Å². The highest BCUT2D eigenvalue weighted by Gasteiger charge is 2.43. The van der Waals surface area contributed by atoms with Crippen molar-refractivity contribution in [2.24, 2.45) is 5.92 Å². The van der Waals surface area contributed by atoms with Gasteiger partial charge in [0.25, 0.3) is 0 Å². The van der Waals surface area contributed by atoms with Crippen LogP contribution in [0.25, 0.3) is 5.82 Å². The molecule has 2 heterocycles. The topological polar surface area (TPSA) is 59.8 Å². The number of nitrogens with zero attached hydrogens (tertiary/aromatic N) is 3. The number of hydrogen-bond acceptors (Lipinski definition) is 3. The van der Waals surface area contributed by atoms with Gasteiger partial charge in [0, 0.05) is 18.3 Å². The second-order valence-electron chi connectivity index (χ2n) is 5.86. The number of nitrogens with one attached hydrogen (secondary N) is 1. The fraction of sp³-hybridized carbons (Fsp3) is 0.167. The molecule has 1 N–H and O–H groups in total. The van der Waals surface area contributed by atoms with E-state index in [0.717, 1.165) is 17.8 Å². The maximum atomic E-state index is 13.0. The van der Waals surface area contributed by atoms with Gasteiger partial charge in [-0.2, -0.15) is 0 Å². The van der Waals surface area contributed by atoms with Crippen molar-refractivity contribution in [2.75, 3.05) is 5.32 Å². The molecule has 1 amide bonds. The molecule has 1 aliphatic rings. The highest BCUT2D eigenvalue weighted by Crippen LogP contribution is 2.47. The van der Waals surface area contributed by atoms with Crippen molar-refractivity contribution in [3.63, 3.8) is 0 Å². The minimum absolute atomic E-state index is 0.0264. The normalized spacial score (nSPS) is 19.0. The van der Waals surface area contributed by atoms with Crippen LogP contribution in [0.2, 0.25) is 0 Å². The summed E-state index contributed by atoms with van der Waals surface area (Å²) in [5, 5.41) is 2.89. The summed E-state index contributed by atoms with van der Waals surface area (Å²) in [6, 6.07) is 9.99. The summed E-state index contributed by atoms with van der Waals surface area (Å²) >= 11 is 0. The van der Waals surface area contributed by atoms with E-state index < -0.39 is 0 Å². The molecule has 0 radical (unpaired) electrons. The van der Waals surface area contributed by atoms with E-state index in [-0.39, 0.29) is 23.6 Å². The predicted octanol–water partition coefficient (Wildman–Crippen LogP) is 3.15. The Morgan fingerprint density at radius 2 is 2.04 bits per heavy atom. The predicted molar refractivity (Wildman–Crippen MR) is 87.2 cm³/mol. The lowest BCUT2D eigenvalue weighted by molar-refractivity contribution is -0.117. The number of anilines is 1. The van der Waals surface area contributed by atoms with Gasteiger partial charge in [-0.25, -0.2) is 14.4 Å². The first kappa shape index (κ1) is 14.6. The molecule has 1 aliphatic carbocycles. The van der Waals surface area contributed by atoms with Crippen LogP contribution in [0.4, 0.5) is 10.1 Å². The number of rotatable bonds is 4. The second-order valence-corrected chi connectivity index (χ2v) is 5.86. The maximum absolute atomic E-state index is 13.0. The van der Waals surface area contributed by atoms with Gasteiger partial charge >= 0.3 is 0 Å². The van der Waals surface area contributed by atoms with Crippen LogP contribution >= 0.6 is 0 Å². The SMILES string of the molecule is O=C(Nc1ccc(-n2ccnc2)nc1)[C@@H]1C[C@@H]1c1ccc(F)cc1. The fourth-order valence-electron chi connectivity index (χ4n) is 2.81. The number of halogens is 1. The summed E-state index contributed by atoms with van der Waals surface area (Å²) in [5.74, 6) is 0.555.